The van der Waals surface area contributed by atoms with Crippen molar-refractivity contribution in [3.8, 4) is 5.75 Å². The van der Waals surface area contributed by atoms with Gasteiger partial charge >= 0.3 is 0 Å². The first-order chi connectivity index (χ1) is 12.6. The average Bonchev–Trinajstić information content (AvgIpc) is 3.28. The molecular weight excluding hydrogens is 342 g/mol. The van der Waals surface area contributed by atoms with Gasteiger partial charge in [0.05, 0.1) is 0 Å². The zero-order valence-corrected chi connectivity index (χ0v) is 14.7. The first-order valence-corrected chi connectivity index (χ1v) is 8.93. The fourth-order valence-corrected chi connectivity index (χ4v) is 3.21. The predicted octanol–water partition coefficient (Wildman–Crippen LogP) is 4.33. The molecule has 1 aliphatic rings. The van der Waals surface area contributed by atoms with E-state index in [1.54, 1.807) is 0 Å². The lowest BCUT2D eigenvalue weighted by molar-refractivity contribution is 0.0718. The smallest absolute Gasteiger partial charge is 0.276 e. The van der Waals surface area contributed by atoms with Gasteiger partial charge in [0.15, 0.2) is 23.0 Å². The summed E-state index contributed by atoms with van der Waals surface area (Å²) in [5.41, 5.74) is 0.228. The summed E-state index contributed by atoms with van der Waals surface area (Å²) in [6.07, 6.45) is 5.21. The molecule has 3 rings (SSSR count). The van der Waals surface area contributed by atoms with Gasteiger partial charge in [-0.1, -0.05) is 24.9 Å². The van der Waals surface area contributed by atoms with Crippen LogP contribution in [-0.4, -0.2) is 28.6 Å². The Morgan fingerprint density at radius 2 is 2.23 bits per heavy atom. The molecule has 0 bridgehead atoms. The fourth-order valence-electron chi connectivity index (χ4n) is 3.21. The van der Waals surface area contributed by atoms with Gasteiger partial charge in [-0.05, 0) is 31.4 Å². The quantitative estimate of drug-likeness (QED) is 0.734. The molecule has 1 aromatic carbocycles. The molecule has 1 saturated heterocycles. The Morgan fingerprint density at radius 1 is 1.38 bits per heavy atom. The Hall–Kier alpha value is -2.44. The fraction of sp³-hybridized carbons (Fsp3) is 0.474. The van der Waals surface area contributed by atoms with E-state index in [2.05, 4.69) is 12.1 Å². The van der Waals surface area contributed by atoms with Gasteiger partial charge in [0.1, 0.15) is 12.4 Å². The number of likely N-dealkylation sites (tertiary alicyclic amines) is 1. The topological polar surface area (TPSA) is 55.6 Å². The molecule has 26 heavy (non-hydrogen) atoms. The van der Waals surface area contributed by atoms with Crippen LogP contribution in [0.4, 0.5) is 8.78 Å². The molecule has 0 saturated carbocycles. The van der Waals surface area contributed by atoms with Gasteiger partial charge in [-0.25, -0.2) is 8.78 Å². The summed E-state index contributed by atoms with van der Waals surface area (Å²) in [5.74, 6) is -1.40. The number of benzene rings is 1. The first kappa shape index (κ1) is 18.4. The lowest BCUT2D eigenvalue weighted by Gasteiger charge is -2.23. The molecule has 0 aliphatic carbocycles. The van der Waals surface area contributed by atoms with E-state index in [1.807, 2.05) is 4.90 Å². The van der Waals surface area contributed by atoms with E-state index >= 15 is 0 Å². The van der Waals surface area contributed by atoms with Gasteiger partial charge in [-0.3, -0.25) is 4.79 Å². The van der Waals surface area contributed by atoms with Crippen LogP contribution >= 0.6 is 0 Å². The van der Waals surface area contributed by atoms with Crippen molar-refractivity contribution < 1.29 is 22.8 Å². The third-order valence-corrected chi connectivity index (χ3v) is 4.57. The van der Waals surface area contributed by atoms with Crippen molar-refractivity contribution in [2.75, 3.05) is 6.54 Å². The summed E-state index contributed by atoms with van der Waals surface area (Å²) in [6, 6.07) is 4.83. The van der Waals surface area contributed by atoms with Crippen molar-refractivity contribution in [2.24, 2.45) is 0 Å². The van der Waals surface area contributed by atoms with Crippen LogP contribution in [0.5, 0.6) is 5.75 Å². The number of rotatable bonds is 7. The second kappa shape index (κ2) is 8.29. The van der Waals surface area contributed by atoms with Crippen molar-refractivity contribution in [1.82, 2.24) is 10.1 Å². The molecule has 2 aromatic rings. The van der Waals surface area contributed by atoms with Gasteiger partial charge in [0.2, 0.25) is 0 Å². The molecule has 0 unspecified atom stereocenters. The van der Waals surface area contributed by atoms with Crippen molar-refractivity contribution in [3.63, 3.8) is 0 Å². The minimum atomic E-state index is -0.795. The van der Waals surface area contributed by atoms with E-state index in [0.717, 1.165) is 50.8 Å². The molecule has 2 heterocycles. The third-order valence-electron chi connectivity index (χ3n) is 4.57. The number of amides is 1. The number of halogens is 2. The van der Waals surface area contributed by atoms with Gasteiger partial charge in [0, 0.05) is 24.7 Å². The molecule has 0 spiro atoms. The zero-order chi connectivity index (χ0) is 18.5. The lowest BCUT2D eigenvalue weighted by Crippen LogP contribution is -2.35. The standard InChI is InChI=1S/C19H22F2N2O3/c1-2-3-5-14-6-4-9-23(14)19(24)17-11-15(26-22-17)12-25-18-8-7-13(20)10-16(18)21/h7-8,10-11,14H,2-6,9,12H2,1H3/t14-/m1/s1. The van der Waals surface area contributed by atoms with Gasteiger partial charge in [-0.15, -0.1) is 0 Å². The van der Waals surface area contributed by atoms with Crippen LogP contribution in [0.3, 0.4) is 0 Å². The SMILES string of the molecule is CCCC[C@@H]1CCCN1C(=O)c1cc(COc2ccc(F)cc2F)on1. The highest BCUT2D eigenvalue weighted by molar-refractivity contribution is 5.92. The summed E-state index contributed by atoms with van der Waals surface area (Å²) in [5, 5.41) is 3.82. The number of hydrogen-bond acceptors (Lipinski definition) is 4. The van der Waals surface area contributed by atoms with Crippen LogP contribution in [0.15, 0.2) is 28.8 Å². The van der Waals surface area contributed by atoms with Gasteiger partial charge in [0.25, 0.3) is 5.91 Å². The van der Waals surface area contributed by atoms with E-state index in [0.29, 0.717) is 5.76 Å². The van der Waals surface area contributed by atoms with Gasteiger partial charge in [-0.2, -0.15) is 0 Å². The maximum absolute atomic E-state index is 13.6. The Bertz CT molecular complexity index is 763. The monoisotopic (exact) mass is 364 g/mol. The Kier molecular flexibility index (Phi) is 5.85. The first-order valence-electron chi connectivity index (χ1n) is 8.93. The van der Waals surface area contributed by atoms with Crippen LogP contribution in [0.25, 0.3) is 0 Å². The molecule has 7 heteroatoms. The van der Waals surface area contributed by atoms with Crippen molar-refractivity contribution in [3.05, 3.63) is 47.4 Å². The van der Waals surface area contributed by atoms with E-state index in [9.17, 15) is 13.6 Å². The number of ether oxygens (including phenoxy) is 1. The highest BCUT2D eigenvalue weighted by Gasteiger charge is 2.30. The van der Waals surface area contributed by atoms with Crippen molar-refractivity contribution in [1.29, 1.82) is 0 Å². The maximum Gasteiger partial charge on any atom is 0.276 e. The number of carbonyl (C=O) groups excluding carboxylic acids is 1. The summed E-state index contributed by atoms with van der Waals surface area (Å²) < 4.78 is 36.9. The Labute approximate surface area is 150 Å². The number of unbranched alkanes of at least 4 members (excludes halogenated alkanes) is 1. The second-order valence-corrected chi connectivity index (χ2v) is 6.48. The second-order valence-electron chi connectivity index (χ2n) is 6.48. The van der Waals surface area contributed by atoms with Crippen LogP contribution < -0.4 is 4.74 Å². The minimum absolute atomic E-state index is 0.0881. The van der Waals surface area contributed by atoms with Crippen LogP contribution in [0, 0.1) is 11.6 Å². The Balaban J connectivity index is 1.61. The number of aromatic nitrogens is 1. The molecule has 1 aromatic heterocycles. The molecule has 0 radical (unpaired) electrons. The molecule has 140 valence electrons. The molecule has 1 amide bonds. The van der Waals surface area contributed by atoms with E-state index in [4.69, 9.17) is 9.26 Å². The maximum atomic E-state index is 13.6. The largest absolute Gasteiger partial charge is 0.482 e. The molecule has 5 nitrogen and oxygen atoms in total. The molecule has 1 fully saturated rings. The van der Waals surface area contributed by atoms with E-state index in [-0.39, 0.29) is 30.0 Å². The van der Waals surface area contributed by atoms with Crippen LogP contribution in [-0.2, 0) is 6.61 Å². The molecule has 1 aliphatic heterocycles. The normalized spacial score (nSPS) is 16.9. The third kappa shape index (κ3) is 4.20. The van der Waals surface area contributed by atoms with Crippen molar-refractivity contribution >= 4 is 5.91 Å². The molecule has 0 N–H and O–H groups in total. The van der Waals surface area contributed by atoms with E-state index < -0.39 is 11.6 Å². The summed E-state index contributed by atoms with van der Waals surface area (Å²) in [4.78, 5) is 14.5. The highest BCUT2D eigenvalue weighted by atomic mass is 19.1. The highest BCUT2D eigenvalue weighted by Crippen LogP contribution is 2.24. The Morgan fingerprint density at radius 3 is 3.00 bits per heavy atom. The van der Waals surface area contributed by atoms with E-state index in [1.165, 1.54) is 12.1 Å². The minimum Gasteiger partial charge on any atom is -0.482 e. The molecule has 1 atom stereocenters. The van der Waals surface area contributed by atoms with Crippen molar-refractivity contribution in [2.45, 2.75) is 51.7 Å². The van der Waals surface area contributed by atoms with Crippen LogP contribution in [0.1, 0.15) is 55.3 Å². The zero-order valence-electron chi connectivity index (χ0n) is 14.7. The summed E-state index contributed by atoms with van der Waals surface area (Å²) in [7, 11) is 0. The number of hydrogen-bond donors (Lipinski definition) is 0. The number of carbonyl (C=O) groups is 1. The average molecular weight is 364 g/mol. The summed E-state index contributed by atoms with van der Waals surface area (Å²) in [6.45, 7) is 2.77. The number of nitrogens with zero attached hydrogens (tertiary/aromatic N) is 2. The van der Waals surface area contributed by atoms with Gasteiger partial charge < -0.3 is 14.2 Å². The molecular formula is C19H22F2N2O3. The summed E-state index contributed by atoms with van der Waals surface area (Å²) >= 11 is 0. The van der Waals surface area contributed by atoms with Crippen LogP contribution in [0.2, 0.25) is 0 Å². The predicted molar refractivity (Wildman–Crippen MR) is 90.8 cm³/mol. The lowest BCUT2D eigenvalue weighted by atomic mass is 10.1.